The molecule has 2 unspecified atom stereocenters. The molecule has 3 amide bonds. The van der Waals surface area contributed by atoms with Gasteiger partial charge in [0.05, 0.1) is 11.1 Å². The zero-order valence-electron chi connectivity index (χ0n) is 19.6. The van der Waals surface area contributed by atoms with E-state index in [9.17, 15) is 14.4 Å². The summed E-state index contributed by atoms with van der Waals surface area (Å²) in [6.07, 6.45) is 5.69. The van der Waals surface area contributed by atoms with E-state index in [2.05, 4.69) is 22.1 Å². The van der Waals surface area contributed by atoms with E-state index < -0.39 is 23.8 Å². The zero-order chi connectivity index (χ0) is 24.4. The molecule has 5 rings (SSSR count). The van der Waals surface area contributed by atoms with E-state index in [1.165, 1.54) is 30.6 Å². The number of benzene rings is 2. The number of thiazole rings is 1. The van der Waals surface area contributed by atoms with E-state index in [4.69, 9.17) is 0 Å². The number of carbonyl (C=O) groups is 3. The Kier molecular flexibility index (Phi) is 6.74. The van der Waals surface area contributed by atoms with Crippen molar-refractivity contribution in [1.29, 1.82) is 0 Å². The van der Waals surface area contributed by atoms with Crippen LogP contribution in [0.2, 0.25) is 0 Å². The van der Waals surface area contributed by atoms with Gasteiger partial charge in [-0.2, -0.15) is 0 Å². The molecule has 3 aromatic rings. The molecule has 0 bridgehead atoms. The molecule has 3 heterocycles. The van der Waals surface area contributed by atoms with Gasteiger partial charge in [0.25, 0.3) is 11.8 Å². The highest BCUT2D eigenvalue weighted by atomic mass is 32.1. The number of nitrogens with zero attached hydrogens (tertiary/aromatic N) is 3. The quantitative estimate of drug-likeness (QED) is 0.500. The monoisotopic (exact) mass is 488 g/mol. The summed E-state index contributed by atoms with van der Waals surface area (Å²) in [7, 11) is 0. The lowest BCUT2D eigenvalue weighted by molar-refractivity contribution is -0.119. The predicted molar refractivity (Wildman–Crippen MR) is 135 cm³/mol. The topological polar surface area (TPSA) is 82.6 Å². The average Bonchev–Trinajstić information content (AvgIpc) is 3.41. The maximum Gasteiger partial charge on any atom is 0.262 e. The first-order valence-electron chi connectivity index (χ1n) is 12.0. The standard InChI is InChI=1S/C27H28N4O3S/c1-18-9-7-8-14-30(18)17-20-16-28-27(35-20)29-24(32)23(15-19-10-3-2-4-11-19)31-25(33)21-12-5-6-13-22(21)26(31)34/h2-6,10-13,16,18,23H,7-9,14-15,17H2,1H3,(H,28,29,32). The second-order valence-electron chi connectivity index (χ2n) is 9.17. The van der Waals surface area contributed by atoms with Crippen molar-refractivity contribution in [3.8, 4) is 0 Å². The van der Waals surface area contributed by atoms with Crippen LogP contribution in [-0.2, 0) is 17.8 Å². The lowest BCUT2D eigenvalue weighted by Crippen LogP contribution is -2.48. The zero-order valence-corrected chi connectivity index (χ0v) is 20.5. The van der Waals surface area contributed by atoms with Gasteiger partial charge in [-0.05, 0) is 44.0 Å². The molecule has 2 aromatic carbocycles. The third-order valence-corrected chi connectivity index (χ3v) is 7.69. The molecule has 0 saturated carbocycles. The third kappa shape index (κ3) is 4.90. The Balaban J connectivity index is 1.36. The number of hydrogen-bond acceptors (Lipinski definition) is 6. The fourth-order valence-corrected chi connectivity index (χ4v) is 5.69. The number of likely N-dealkylation sites (tertiary alicyclic amines) is 1. The van der Waals surface area contributed by atoms with Crippen molar-refractivity contribution >= 4 is 34.2 Å². The highest BCUT2D eigenvalue weighted by Gasteiger charge is 2.42. The summed E-state index contributed by atoms with van der Waals surface area (Å²) in [6, 6.07) is 15.7. The molecular formula is C27H28N4O3S. The van der Waals surface area contributed by atoms with Crippen LogP contribution < -0.4 is 5.32 Å². The molecular weight excluding hydrogens is 460 g/mol. The molecule has 1 saturated heterocycles. The van der Waals surface area contributed by atoms with E-state index in [0.717, 1.165) is 28.4 Å². The summed E-state index contributed by atoms with van der Waals surface area (Å²) in [6.45, 7) is 4.12. The first-order valence-corrected chi connectivity index (χ1v) is 12.8. The van der Waals surface area contributed by atoms with Crippen LogP contribution in [0.1, 0.15) is 57.3 Å². The lowest BCUT2D eigenvalue weighted by atomic mass is 10.0. The molecule has 2 atom stereocenters. The molecule has 2 aliphatic heterocycles. The molecule has 35 heavy (non-hydrogen) atoms. The number of imide groups is 1. The van der Waals surface area contributed by atoms with Crippen LogP contribution >= 0.6 is 11.3 Å². The van der Waals surface area contributed by atoms with Crippen molar-refractivity contribution in [2.24, 2.45) is 0 Å². The minimum absolute atomic E-state index is 0.224. The van der Waals surface area contributed by atoms with Gasteiger partial charge in [0.15, 0.2) is 5.13 Å². The minimum Gasteiger partial charge on any atom is -0.300 e. The van der Waals surface area contributed by atoms with E-state index in [-0.39, 0.29) is 6.42 Å². The van der Waals surface area contributed by atoms with Crippen molar-refractivity contribution in [3.63, 3.8) is 0 Å². The average molecular weight is 489 g/mol. The molecule has 0 radical (unpaired) electrons. The molecule has 1 N–H and O–H groups in total. The van der Waals surface area contributed by atoms with Gasteiger partial charge in [0, 0.05) is 30.1 Å². The SMILES string of the molecule is CC1CCCCN1Cc1cnc(NC(=O)C(Cc2ccccc2)N2C(=O)c3ccccc3C2=O)s1. The largest absolute Gasteiger partial charge is 0.300 e. The summed E-state index contributed by atoms with van der Waals surface area (Å²) in [4.78, 5) is 48.8. The van der Waals surface area contributed by atoms with E-state index in [1.54, 1.807) is 30.5 Å². The Morgan fingerprint density at radius 3 is 2.43 bits per heavy atom. The highest BCUT2D eigenvalue weighted by molar-refractivity contribution is 7.15. The number of hydrogen-bond donors (Lipinski definition) is 1. The van der Waals surface area contributed by atoms with Gasteiger partial charge in [-0.3, -0.25) is 24.2 Å². The molecule has 180 valence electrons. The van der Waals surface area contributed by atoms with Crippen LogP contribution in [0.15, 0.2) is 60.8 Å². The van der Waals surface area contributed by atoms with Crippen molar-refractivity contribution in [2.45, 2.75) is 51.2 Å². The van der Waals surface area contributed by atoms with E-state index >= 15 is 0 Å². The highest BCUT2D eigenvalue weighted by Crippen LogP contribution is 2.28. The van der Waals surface area contributed by atoms with E-state index in [1.807, 2.05) is 30.3 Å². The fourth-order valence-electron chi connectivity index (χ4n) is 4.85. The van der Waals surface area contributed by atoms with Crippen molar-refractivity contribution in [3.05, 3.63) is 82.4 Å². The number of amides is 3. The van der Waals surface area contributed by atoms with Gasteiger partial charge < -0.3 is 5.32 Å². The number of piperidine rings is 1. The Morgan fingerprint density at radius 2 is 1.74 bits per heavy atom. The predicted octanol–water partition coefficient (Wildman–Crippen LogP) is 4.36. The smallest absolute Gasteiger partial charge is 0.262 e. The summed E-state index contributed by atoms with van der Waals surface area (Å²) >= 11 is 1.44. The van der Waals surface area contributed by atoms with Gasteiger partial charge in [0.2, 0.25) is 5.91 Å². The summed E-state index contributed by atoms with van der Waals surface area (Å²) in [5.41, 5.74) is 1.52. The molecule has 2 aliphatic rings. The van der Waals surface area contributed by atoms with Crippen LogP contribution in [0, 0.1) is 0 Å². The molecule has 0 spiro atoms. The van der Waals surface area contributed by atoms with Gasteiger partial charge >= 0.3 is 0 Å². The number of rotatable bonds is 7. The first-order chi connectivity index (χ1) is 17.0. The minimum atomic E-state index is -0.987. The van der Waals surface area contributed by atoms with Gasteiger partial charge in [-0.25, -0.2) is 4.98 Å². The summed E-state index contributed by atoms with van der Waals surface area (Å²) < 4.78 is 0. The van der Waals surface area contributed by atoms with Crippen LogP contribution in [0.3, 0.4) is 0 Å². The normalized spacial score (nSPS) is 19.0. The van der Waals surface area contributed by atoms with Crippen molar-refractivity contribution in [2.75, 3.05) is 11.9 Å². The maximum absolute atomic E-state index is 13.5. The molecule has 0 aliphatic carbocycles. The Labute approximate surface area is 208 Å². The van der Waals surface area contributed by atoms with Crippen LogP contribution in [-0.4, -0.2) is 51.1 Å². The first kappa shape index (κ1) is 23.4. The van der Waals surface area contributed by atoms with Gasteiger partial charge in [0.1, 0.15) is 6.04 Å². The summed E-state index contributed by atoms with van der Waals surface area (Å²) in [5.74, 6) is -1.31. The van der Waals surface area contributed by atoms with Gasteiger partial charge in [-0.15, -0.1) is 11.3 Å². The Bertz CT molecular complexity index is 1210. The van der Waals surface area contributed by atoms with E-state index in [0.29, 0.717) is 22.3 Å². The maximum atomic E-state index is 13.5. The summed E-state index contributed by atoms with van der Waals surface area (Å²) in [5, 5.41) is 3.36. The number of aromatic nitrogens is 1. The van der Waals surface area contributed by atoms with Crippen LogP contribution in [0.25, 0.3) is 0 Å². The van der Waals surface area contributed by atoms with Crippen LogP contribution in [0.5, 0.6) is 0 Å². The second kappa shape index (κ2) is 10.1. The molecule has 7 nitrogen and oxygen atoms in total. The number of fused-ring (bicyclic) bond motifs is 1. The Hall–Kier alpha value is -3.36. The van der Waals surface area contributed by atoms with Crippen molar-refractivity contribution in [1.82, 2.24) is 14.8 Å². The lowest BCUT2D eigenvalue weighted by Gasteiger charge is -2.32. The second-order valence-corrected chi connectivity index (χ2v) is 10.3. The molecule has 1 aromatic heterocycles. The number of nitrogens with one attached hydrogen (secondary N) is 1. The number of carbonyl (C=O) groups excluding carboxylic acids is 3. The van der Waals surface area contributed by atoms with Crippen molar-refractivity contribution < 1.29 is 14.4 Å². The Morgan fingerprint density at radius 1 is 1.06 bits per heavy atom. The third-order valence-electron chi connectivity index (χ3n) is 6.79. The molecule has 1 fully saturated rings. The fraction of sp³-hybridized carbons (Fsp3) is 0.333. The van der Waals surface area contributed by atoms with Crippen LogP contribution in [0.4, 0.5) is 5.13 Å². The molecule has 8 heteroatoms. The van der Waals surface area contributed by atoms with Gasteiger partial charge in [-0.1, -0.05) is 48.9 Å². The number of anilines is 1.